The van der Waals surface area contributed by atoms with E-state index in [2.05, 4.69) is 4.74 Å². The highest BCUT2D eigenvalue weighted by Gasteiger charge is 2.20. The molecule has 0 bridgehead atoms. The van der Waals surface area contributed by atoms with Gasteiger partial charge >= 0.3 is 5.97 Å². The second-order valence-corrected chi connectivity index (χ2v) is 3.93. The lowest BCUT2D eigenvalue weighted by Gasteiger charge is -2.08. The molecule has 0 saturated carbocycles. The van der Waals surface area contributed by atoms with Gasteiger partial charge in [0, 0.05) is 12.8 Å². The van der Waals surface area contributed by atoms with Crippen molar-refractivity contribution in [3.8, 4) is 5.75 Å². The number of rotatable bonds is 5. The maximum absolute atomic E-state index is 13.5. The number of benzene rings is 1. The minimum atomic E-state index is -1.56. The van der Waals surface area contributed by atoms with E-state index in [1.165, 1.54) is 6.92 Å². The van der Waals surface area contributed by atoms with Gasteiger partial charge in [0.05, 0.1) is 0 Å². The third-order valence-electron chi connectivity index (χ3n) is 2.32. The molecule has 7 heteroatoms. The Morgan fingerprint density at radius 1 is 1.21 bits per heavy atom. The first-order valence-corrected chi connectivity index (χ1v) is 5.46. The monoisotopic (exact) mass is 275 g/mol. The van der Waals surface area contributed by atoms with Crippen LogP contribution in [0, 0.1) is 24.4 Å². The van der Waals surface area contributed by atoms with Gasteiger partial charge in [-0.15, -0.1) is 0 Å². The van der Waals surface area contributed by atoms with E-state index in [0.717, 1.165) is 0 Å². The van der Waals surface area contributed by atoms with E-state index >= 15 is 0 Å². The number of primary amides is 1. The molecule has 0 aromatic heterocycles. The zero-order chi connectivity index (χ0) is 14.6. The van der Waals surface area contributed by atoms with Crippen molar-refractivity contribution in [3.63, 3.8) is 0 Å². The van der Waals surface area contributed by atoms with Gasteiger partial charge in [0.15, 0.2) is 11.6 Å². The molecular formula is C12H12F3NO3. The predicted molar refractivity (Wildman–Crippen MR) is 59.7 cm³/mol. The number of amides is 1. The molecule has 2 N–H and O–H groups in total. The fraction of sp³-hybridized carbons (Fsp3) is 0.333. The lowest BCUT2D eigenvalue weighted by molar-refractivity contribution is -0.135. The molecule has 1 amide bonds. The number of nitrogens with two attached hydrogens (primary N) is 1. The minimum absolute atomic E-state index is 0.0533. The third kappa shape index (κ3) is 3.97. The van der Waals surface area contributed by atoms with Crippen molar-refractivity contribution in [2.75, 3.05) is 0 Å². The molecule has 1 aromatic carbocycles. The van der Waals surface area contributed by atoms with Crippen molar-refractivity contribution in [1.29, 1.82) is 0 Å². The molecule has 1 aromatic rings. The van der Waals surface area contributed by atoms with Crippen LogP contribution in [0.1, 0.15) is 24.8 Å². The van der Waals surface area contributed by atoms with Crippen LogP contribution >= 0.6 is 0 Å². The molecule has 0 spiro atoms. The summed E-state index contributed by atoms with van der Waals surface area (Å²) >= 11 is 0. The van der Waals surface area contributed by atoms with E-state index in [9.17, 15) is 22.8 Å². The van der Waals surface area contributed by atoms with E-state index in [-0.39, 0.29) is 24.8 Å². The van der Waals surface area contributed by atoms with Crippen molar-refractivity contribution >= 4 is 11.9 Å². The summed E-state index contributed by atoms with van der Waals surface area (Å²) in [5.74, 6) is -6.65. The summed E-state index contributed by atoms with van der Waals surface area (Å²) in [4.78, 5) is 21.7. The van der Waals surface area contributed by atoms with Crippen LogP contribution < -0.4 is 10.5 Å². The summed E-state index contributed by atoms with van der Waals surface area (Å²) in [6.45, 7) is 1.21. The van der Waals surface area contributed by atoms with Gasteiger partial charge in [0.25, 0.3) is 0 Å². The van der Waals surface area contributed by atoms with Gasteiger partial charge in [-0.2, -0.15) is 4.39 Å². The third-order valence-corrected chi connectivity index (χ3v) is 2.32. The van der Waals surface area contributed by atoms with Crippen molar-refractivity contribution in [2.24, 2.45) is 5.73 Å². The van der Waals surface area contributed by atoms with Crippen LogP contribution in [0.5, 0.6) is 5.75 Å². The number of carbonyl (C=O) groups excluding carboxylic acids is 2. The molecule has 4 nitrogen and oxygen atoms in total. The van der Waals surface area contributed by atoms with Crippen LogP contribution in [0.15, 0.2) is 6.07 Å². The summed E-state index contributed by atoms with van der Waals surface area (Å²) < 4.78 is 44.3. The van der Waals surface area contributed by atoms with Gasteiger partial charge in [-0.25, -0.2) is 8.78 Å². The SMILES string of the molecule is Cc1cc(F)c(F)c(OC(=O)CCCC(N)=O)c1F. The highest BCUT2D eigenvalue weighted by Crippen LogP contribution is 2.27. The molecule has 0 aliphatic heterocycles. The summed E-state index contributed by atoms with van der Waals surface area (Å²) in [6, 6.07) is 0.662. The van der Waals surface area contributed by atoms with Gasteiger partial charge in [-0.1, -0.05) is 0 Å². The average molecular weight is 275 g/mol. The number of halogens is 3. The molecule has 104 valence electrons. The Morgan fingerprint density at radius 3 is 2.42 bits per heavy atom. The molecule has 1 rings (SSSR count). The first kappa shape index (κ1) is 15.0. The standard InChI is InChI=1S/C12H12F3NO3/c1-6-5-7(13)11(15)12(10(6)14)19-9(18)4-2-3-8(16)17/h5H,2-4H2,1H3,(H2,16,17). The highest BCUT2D eigenvalue weighted by molar-refractivity contribution is 5.76. The molecule has 0 unspecified atom stereocenters. The number of ether oxygens (including phenoxy) is 1. The van der Waals surface area contributed by atoms with Crippen molar-refractivity contribution in [3.05, 3.63) is 29.1 Å². The minimum Gasteiger partial charge on any atom is -0.420 e. The molecule has 19 heavy (non-hydrogen) atoms. The molecular weight excluding hydrogens is 263 g/mol. The van der Waals surface area contributed by atoms with E-state index in [4.69, 9.17) is 5.73 Å². The summed E-state index contributed by atoms with van der Waals surface area (Å²) in [7, 11) is 0. The van der Waals surface area contributed by atoms with Gasteiger partial charge in [-0.3, -0.25) is 9.59 Å². The van der Waals surface area contributed by atoms with Crippen LogP contribution in [0.3, 0.4) is 0 Å². The Balaban J connectivity index is 2.77. The molecule has 0 aliphatic rings. The molecule has 0 heterocycles. The Hall–Kier alpha value is -2.05. The molecule has 0 atom stereocenters. The maximum atomic E-state index is 13.5. The number of carbonyl (C=O) groups is 2. The summed E-state index contributed by atoms with van der Waals surface area (Å²) in [6.07, 6.45) is -0.217. The lowest BCUT2D eigenvalue weighted by atomic mass is 10.2. The molecule has 0 aliphatic carbocycles. The van der Waals surface area contributed by atoms with Crippen LogP contribution in [-0.4, -0.2) is 11.9 Å². The first-order chi connectivity index (χ1) is 8.82. The topological polar surface area (TPSA) is 69.4 Å². The summed E-state index contributed by atoms with van der Waals surface area (Å²) in [5, 5.41) is 0. The molecule has 0 fully saturated rings. The Kier molecular flexibility index (Phi) is 4.91. The number of hydrogen-bond acceptors (Lipinski definition) is 3. The Morgan fingerprint density at radius 2 is 1.84 bits per heavy atom. The normalized spacial score (nSPS) is 10.3. The van der Waals surface area contributed by atoms with Crippen molar-refractivity contribution in [2.45, 2.75) is 26.2 Å². The van der Waals surface area contributed by atoms with Gasteiger partial charge in [0.1, 0.15) is 0 Å². The highest BCUT2D eigenvalue weighted by atomic mass is 19.2. The second kappa shape index (κ2) is 6.21. The average Bonchev–Trinajstić information content (AvgIpc) is 2.32. The van der Waals surface area contributed by atoms with Crippen LogP contribution in [-0.2, 0) is 9.59 Å². The zero-order valence-electron chi connectivity index (χ0n) is 10.1. The van der Waals surface area contributed by atoms with E-state index in [1.807, 2.05) is 0 Å². The van der Waals surface area contributed by atoms with Crippen LogP contribution in [0.2, 0.25) is 0 Å². The number of aryl methyl sites for hydroxylation is 1. The van der Waals surface area contributed by atoms with Gasteiger partial charge in [0.2, 0.25) is 17.5 Å². The number of esters is 1. The maximum Gasteiger partial charge on any atom is 0.311 e. The smallest absolute Gasteiger partial charge is 0.311 e. The zero-order valence-corrected chi connectivity index (χ0v) is 10.1. The van der Waals surface area contributed by atoms with E-state index in [1.54, 1.807) is 0 Å². The van der Waals surface area contributed by atoms with Crippen molar-refractivity contribution in [1.82, 2.24) is 0 Å². The van der Waals surface area contributed by atoms with E-state index in [0.29, 0.717) is 6.07 Å². The van der Waals surface area contributed by atoms with Gasteiger partial charge < -0.3 is 10.5 Å². The Bertz CT molecular complexity index is 491. The Labute approximate surface area is 107 Å². The second-order valence-electron chi connectivity index (χ2n) is 3.93. The van der Waals surface area contributed by atoms with E-state index < -0.39 is 35.1 Å². The predicted octanol–water partition coefficient (Wildman–Crippen LogP) is 1.97. The number of hydrogen-bond donors (Lipinski definition) is 1. The lowest BCUT2D eigenvalue weighted by Crippen LogP contribution is -2.14. The van der Waals surface area contributed by atoms with Crippen LogP contribution in [0.25, 0.3) is 0 Å². The molecule has 0 radical (unpaired) electrons. The van der Waals surface area contributed by atoms with Crippen LogP contribution in [0.4, 0.5) is 13.2 Å². The fourth-order valence-corrected chi connectivity index (χ4v) is 1.36. The largest absolute Gasteiger partial charge is 0.420 e. The molecule has 0 saturated heterocycles. The fourth-order valence-electron chi connectivity index (χ4n) is 1.36. The quantitative estimate of drug-likeness (QED) is 0.507. The summed E-state index contributed by atoms with van der Waals surface area (Å²) in [5.41, 5.74) is 4.68. The van der Waals surface area contributed by atoms with Gasteiger partial charge in [-0.05, 0) is 25.0 Å². The van der Waals surface area contributed by atoms with Crippen molar-refractivity contribution < 1.29 is 27.5 Å². The first-order valence-electron chi connectivity index (χ1n) is 5.46.